The first kappa shape index (κ1) is 10.5. The maximum Gasteiger partial charge on any atom is 0.134 e. The highest BCUT2D eigenvalue weighted by Crippen LogP contribution is 2.36. The van der Waals surface area contributed by atoms with Crippen LogP contribution in [0.25, 0.3) is 10.9 Å². The zero-order chi connectivity index (χ0) is 11.9. The highest BCUT2D eigenvalue weighted by Gasteiger charge is 2.42. The number of hydrogen-bond acceptors (Lipinski definition) is 3. The smallest absolute Gasteiger partial charge is 0.134 e. The second kappa shape index (κ2) is 3.69. The molecule has 0 amide bonds. The molecule has 2 aromatic rings. The van der Waals surface area contributed by atoms with Gasteiger partial charge in [0.15, 0.2) is 0 Å². The van der Waals surface area contributed by atoms with Crippen LogP contribution >= 0.6 is 11.6 Å². The topological polar surface area (TPSA) is 45.9 Å². The Labute approximate surface area is 104 Å². The van der Waals surface area contributed by atoms with E-state index in [1.165, 1.54) is 0 Å². The molecule has 0 radical (unpaired) electrons. The largest absolute Gasteiger partial charge is 0.377 e. The standard InChI is InChI=1S/C13H9ClN2O/c14-12-10(13(6-15)7-17-8-13)5-9-3-1-2-4-11(9)16-12/h1-5H,7-8H2. The zero-order valence-corrected chi connectivity index (χ0v) is 9.74. The minimum atomic E-state index is -0.617. The van der Waals surface area contributed by atoms with Gasteiger partial charge in [0.25, 0.3) is 0 Å². The number of fused-ring (bicyclic) bond motifs is 1. The molecule has 84 valence electrons. The number of hydrogen-bond donors (Lipinski definition) is 0. The lowest BCUT2D eigenvalue weighted by atomic mass is 9.80. The van der Waals surface area contributed by atoms with Gasteiger partial charge in [-0.15, -0.1) is 0 Å². The number of aromatic nitrogens is 1. The van der Waals surface area contributed by atoms with E-state index in [2.05, 4.69) is 11.1 Å². The van der Waals surface area contributed by atoms with Crippen LogP contribution in [0.1, 0.15) is 5.56 Å². The predicted octanol–water partition coefficient (Wildman–Crippen LogP) is 2.68. The van der Waals surface area contributed by atoms with E-state index >= 15 is 0 Å². The minimum absolute atomic E-state index is 0.392. The number of pyridine rings is 1. The van der Waals surface area contributed by atoms with Crippen LogP contribution < -0.4 is 0 Å². The summed E-state index contributed by atoms with van der Waals surface area (Å²) >= 11 is 6.16. The van der Waals surface area contributed by atoms with Gasteiger partial charge < -0.3 is 4.74 Å². The van der Waals surface area contributed by atoms with E-state index in [4.69, 9.17) is 16.3 Å². The number of benzene rings is 1. The summed E-state index contributed by atoms with van der Waals surface area (Å²) in [6, 6.07) is 12.0. The molecule has 4 heteroatoms. The van der Waals surface area contributed by atoms with Crippen molar-refractivity contribution < 1.29 is 4.74 Å². The summed E-state index contributed by atoms with van der Waals surface area (Å²) in [6.07, 6.45) is 0. The monoisotopic (exact) mass is 244 g/mol. The molecule has 1 aromatic carbocycles. The fraction of sp³-hybridized carbons (Fsp3) is 0.231. The first-order valence-corrected chi connectivity index (χ1v) is 5.68. The second-order valence-electron chi connectivity index (χ2n) is 4.21. The number of nitriles is 1. The highest BCUT2D eigenvalue weighted by atomic mass is 35.5. The van der Waals surface area contributed by atoms with E-state index in [-0.39, 0.29) is 0 Å². The molecule has 1 aromatic heterocycles. The maximum absolute atomic E-state index is 9.27. The Balaban J connectivity index is 2.24. The third kappa shape index (κ3) is 1.49. The molecule has 0 bridgehead atoms. The molecule has 0 N–H and O–H groups in total. The number of nitrogens with zero attached hydrogens (tertiary/aromatic N) is 2. The van der Waals surface area contributed by atoms with Gasteiger partial charge in [0.2, 0.25) is 0 Å². The van der Waals surface area contributed by atoms with Crippen molar-refractivity contribution >= 4 is 22.5 Å². The van der Waals surface area contributed by atoms with Gasteiger partial charge in [-0.05, 0) is 12.1 Å². The first-order chi connectivity index (χ1) is 8.25. The second-order valence-corrected chi connectivity index (χ2v) is 4.56. The Morgan fingerprint density at radius 1 is 1.35 bits per heavy atom. The summed E-state index contributed by atoms with van der Waals surface area (Å²) in [5, 5.41) is 10.7. The molecular weight excluding hydrogens is 236 g/mol. The summed E-state index contributed by atoms with van der Waals surface area (Å²) in [7, 11) is 0. The molecular formula is C13H9ClN2O. The Morgan fingerprint density at radius 2 is 2.12 bits per heavy atom. The Bertz CT molecular complexity index is 629. The molecule has 0 spiro atoms. The average Bonchev–Trinajstić information content (AvgIpc) is 2.29. The molecule has 17 heavy (non-hydrogen) atoms. The lowest BCUT2D eigenvalue weighted by Crippen LogP contribution is -2.45. The average molecular weight is 245 g/mol. The number of halogens is 1. The summed E-state index contributed by atoms with van der Waals surface area (Å²) in [6.45, 7) is 0.784. The molecule has 0 unspecified atom stereocenters. The summed E-state index contributed by atoms with van der Waals surface area (Å²) in [5.41, 5.74) is 0.995. The van der Waals surface area contributed by atoms with E-state index in [9.17, 15) is 5.26 Å². The number of para-hydroxylation sites is 1. The quantitative estimate of drug-likeness (QED) is 0.725. The van der Waals surface area contributed by atoms with Crippen LogP contribution in [0.3, 0.4) is 0 Å². The fourth-order valence-electron chi connectivity index (χ4n) is 2.01. The third-order valence-electron chi connectivity index (χ3n) is 3.10. The summed E-state index contributed by atoms with van der Waals surface area (Å²) < 4.78 is 5.14. The third-order valence-corrected chi connectivity index (χ3v) is 3.39. The van der Waals surface area contributed by atoms with E-state index in [1.54, 1.807) is 0 Å². The summed E-state index contributed by atoms with van der Waals surface area (Å²) in [5.74, 6) is 0. The fourth-order valence-corrected chi connectivity index (χ4v) is 2.34. The van der Waals surface area contributed by atoms with Crippen molar-refractivity contribution in [2.75, 3.05) is 13.2 Å². The molecule has 0 aliphatic carbocycles. The normalized spacial score (nSPS) is 17.4. The SMILES string of the molecule is N#CC1(c2cc3ccccc3nc2Cl)COC1. The maximum atomic E-state index is 9.27. The van der Waals surface area contributed by atoms with E-state index < -0.39 is 5.41 Å². The van der Waals surface area contributed by atoms with E-state index in [0.717, 1.165) is 16.5 Å². The van der Waals surface area contributed by atoms with Crippen molar-refractivity contribution in [2.24, 2.45) is 0 Å². The van der Waals surface area contributed by atoms with Gasteiger partial charge in [-0.2, -0.15) is 5.26 Å². The van der Waals surface area contributed by atoms with Crippen LogP contribution in [0.15, 0.2) is 30.3 Å². The molecule has 3 rings (SSSR count). The van der Waals surface area contributed by atoms with E-state index in [0.29, 0.717) is 18.4 Å². The van der Waals surface area contributed by atoms with Crippen LogP contribution in [-0.2, 0) is 10.2 Å². The molecule has 2 heterocycles. The molecule has 0 atom stereocenters. The Hall–Kier alpha value is -1.63. The predicted molar refractivity (Wildman–Crippen MR) is 64.9 cm³/mol. The van der Waals surface area contributed by atoms with Crippen LogP contribution in [0.5, 0.6) is 0 Å². The molecule has 1 saturated heterocycles. The molecule has 0 saturated carbocycles. The van der Waals surface area contributed by atoms with Crippen LogP contribution in [-0.4, -0.2) is 18.2 Å². The van der Waals surface area contributed by atoms with Gasteiger partial charge in [0.05, 0.1) is 24.8 Å². The van der Waals surface area contributed by atoms with Gasteiger partial charge in [-0.25, -0.2) is 4.98 Å². The molecule has 1 aliphatic heterocycles. The van der Waals surface area contributed by atoms with E-state index in [1.807, 2.05) is 30.3 Å². The molecule has 1 fully saturated rings. The van der Waals surface area contributed by atoms with Gasteiger partial charge in [-0.3, -0.25) is 0 Å². The van der Waals surface area contributed by atoms with Gasteiger partial charge >= 0.3 is 0 Å². The lowest BCUT2D eigenvalue weighted by Gasteiger charge is -2.35. The number of ether oxygens (including phenoxy) is 1. The Morgan fingerprint density at radius 3 is 2.76 bits per heavy atom. The highest BCUT2D eigenvalue weighted by molar-refractivity contribution is 6.30. The van der Waals surface area contributed by atoms with Crippen LogP contribution in [0.4, 0.5) is 0 Å². The first-order valence-electron chi connectivity index (χ1n) is 5.30. The van der Waals surface area contributed by atoms with Crippen molar-refractivity contribution in [3.8, 4) is 6.07 Å². The van der Waals surface area contributed by atoms with Crippen molar-refractivity contribution in [3.63, 3.8) is 0 Å². The molecule has 3 nitrogen and oxygen atoms in total. The van der Waals surface area contributed by atoms with Gasteiger partial charge in [0.1, 0.15) is 10.6 Å². The lowest BCUT2D eigenvalue weighted by molar-refractivity contribution is -0.0298. The Kier molecular flexibility index (Phi) is 2.29. The zero-order valence-electron chi connectivity index (χ0n) is 8.98. The van der Waals surface area contributed by atoms with Crippen LogP contribution in [0, 0.1) is 11.3 Å². The molecule has 1 aliphatic rings. The summed E-state index contributed by atoms with van der Waals surface area (Å²) in [4.78, 5) is 4.33. The van der Waals surface area contributed by atoms with Crippen molar-refractivity contribution in [2.45, 2.75) is 5.41 Å². The van der Waals surface area contributed by atoms with Crippen molar-refractivity contribution in [3.05, 3.63) is 41.0 Å². The van der Waals surface area contributed by atoms with Crippen molar-refractivity contribution in [1.82, 2.24) is 4.98 Å². The number of rotatable bonds is 1. The van der Waals surface area contributed by atoms with Gasteiger partial charge in [0, 0.05) is 10.9 Å². The minimum Gasteiger partial charge on any atom is -0.377 e. The van der Waals surface area contributed by atoms with Crippen LogP contribution in [0.2, 0.25) is 5.15 Å². The van der Waals surface area contributed by atoms with Crippen molar-refractivity contribution in [1.29, 1.82) is 5.26 Å². The van der Waals surface area contributed by atoms with Gasteiger partial charge in [-0.1, -0.05) is 29.8 Å².